The fourth-order valence-electron chi connectivity index (χ4n) is 1.47. The van der Waals surface area contributed by atoms with Gasteiger partial charge in [0.1, 0.15) is 0 Å². The molecular weight excluding hydrogens is 306 g/mol. The summed E-state index contributed by atoms with van der Waals surface area (Å²) in [7, 11) is -0.0516. The monoisotopic (exact) mass is 319 g/mol. The molecule has 0 aliphatic carbocycles. The molecule has 1 aromatic carbocycles. The Bertz CT molecular complexity index is 549. The first-order chi connectivity index (χ1) is 9.35. The standard InChI is InChI=1S/C12H14ClNO5S/c1-8(5-12(15)19-2)20(18)7-9-3-4-10(14(16)17)6-11(9)13/h3-4,6,8H,5,7H2,1-2H3. The van der Waals surface area contributed by atoms with Gasteiger partial charge in [0.15, 0.2) is 0 Å². The second-order valence-electron chi connectivity index (χ2n) is 4.15. The molecule has 0 heterocycles. The topological polar surface area (TPSA) is 86.5 Å². The molecule has 2 unspecified atom stereocenters. The maximum Gasteiger partial charge on any atom is 0.306 e. The van der Waals surface area contributed by atoms with Crippen molar-refractivity contribution in [3.05, 3.63) is 38.9 Å². The molecule has 6 nitrogen and oxygen atoms in total. The smallest absolute Gasteiger partial charge is 0.306 e. The van der Waals surface area contributed by atoms with Crippen molar-refractivity contribution >= 4 is 34.1 Å². The predicted molar refractivity (Wildman–Crippen MR) is 76.0 cm³/mol. The van der Waals surface area contributed by atoms with E-state index >= 15 is 0 Å². The van der Waals surface area contributed by atoms with Crippen LogP contribution in [0.15, 0.2) is 18.2 Å². The SMILES string of the molecule is COC(=O)CC(C)S(=O)Cc1ccc([N+](=O)[O-])cc1Cl. The lowest BCUT2D eigenvalue weighted by Gasteiger charge is -2.11. The summed E-state index contributed by atoms with van der Waals surface area (Å²) >= 11 is 5.92. The first-order valence-electron chi connectivity index (χ1n) is 5.72. The molecule has 0 N–H and O–H groups in total. The fourth-order valence-corrected chi connectivity index (χ4v) is 2.96. The fraction of sp³-hybridized carbons (Fsp3) is 0.417. The number of halogens is 1. The number of hydrogen-bond donors (Lipinski definition) is 0. The van der Waals surface area contributed by atoms with Gasteiger partial charge in [-0.3, -0.25) is 19.1 Å². The molecule has 0 fully saturated rings. The van der Waals surface area contributed by atoms with Crippen molar-refractivity contribution in [2.45, 2.75) is 24.3 Å². The van der Waals surface area contributed by atoms with Gasteiger partial charge < -0.3 is 4.74 Å². The molecule has 1 rings (SSSR count). The highest BCUT2D eigenvalue weighted by Crippen LogP contribution is 2.24. The van der Waals surface area contributed by atoms with Gasteiger partial charge in [0, 0.05) is 28.2 Å². The number of nitro benzene ring substituents is 1. The summed E-state index contributed by atoms with van der Waals surface area (Å²) in [4.78, 5) is 21.1. The van der Waals surface area contributed by atoms with E-state index in [-0.39, 0.29) is 28.1 Å². The molecule has 0 bridgehead atoms. The van der Waals surface area contributed by atoms with Gasteiger partial charge in [0.05, 0.1) is 29.2 Å². The highest BCUT2D eigenvalue weighted by Gasteiger charge is 2.18. The lowest BCUT2D eigenvalue weighted by molar-refractivity contribution is -0.384. The maximum absolute atomic E-state index is 12.0. The molecule has 0 aliphatic heterocycles. The zero-order valence-electron chi connectivity index (χ0n) is 11.0. The number of nitro groups is 1. The van der Waals surface area contributed by atoms with E-state index in [1.54, 1.807) is 6.92 Å². The minimum Gasteiger partial charge on any atom is -0.469 e. The summed E-state index contributed by atoms with van der Waals surface area (Å²) in [5, 5.41) is 10.4. The van der Waals surface area contributed by atoms with Crippen LogP contribution in [0.4, 0.5) is 5.69 Å². The Balaban J connectivity index is 2.75. The molecular formula is C12H14ClNO5S. The third kappa shape index (κ3) is 4.57. The van der Waals surface area contributed by atoms with Crippen molar-refractivity contribution in [1.29, 1.82) is 0 Å². The van der Waals surface area contributed by atoms with Gasteiger partial charge in [-0.15, -0.1) is 0 Å². The molecule has 0 spiro atoms. The van der Waals surface area contributed by atoms with E-state index in [0.29, 0.717) is 5.56 Å². The summed E-state index contributed by atoms with van der Waals surface area (Å²) in [6.07, 6.45) is 0.0493. The van der Waals surface area contributed by atoms with Gasteiger partial charge in [-0.1, -0.05) is 18.5 Å². The Morgan fingerprint density at radius 1 is 1.55 bits per heavy atom. The van der Waals surface area contributed by atoms with Crippen LogP contribution in [0.2, 0.25) is 5.02 Å². The lowest BCUT2D eigenvalue weighted by Crippen LogP contribution is -2.18. The second-order valence-corrected chi connectivity index (χ2v) is 6.41. The van der Waals surface area contributed by atoms with E-state index in [9.17, 15) is 19.1 Å². The van der Waals surface area contributed by atoms with E-state index in [1.165, 1.54) is 25.3 Å². The van der Waals surface area contributed by atoms with Crippen LogP contribution >= 0.6 is 11.6 Å². The number of non-ortho nitro benzene ring substituents is 1. The molecule has 110 valence electrons. The third-order valence-corrected chi connectivity index (χ3v) is 4.69. The minimum absolute atomic E-state index is 0.0493. The quantitative estimate of drug-likeness (QED) is 0.456. The Labute approximate surface area is 123 Å². The number of methoxy groups -OCH3 is 1. The number of hydrogen-bond acceptors (Lipinski definition) is 5. The molecule has 0 radical (unpaired) electrons. The summed E-state index contributed by atoms with van der Waals surface area (Å²) < 4.78 is 16.6. The van der Waals surface area contributed by atoms with E-state index in [4.69, 9.17) is 11.6 Å². The second kappa shape index (κ2) is 7.35. The molecule has 0 aromatic heterocycles. The predicted octanol–water partition coefficient (Wildman–Crippen LogP) is 2.45. The van der Waals surface area contributed by atoms with Crippen molar-refractivity contribution < 1.29 is 18.7 Å². The number of rotatable bonds is 6. The Morgan fingerprint density at radius 2 is 2.20 bits per heavy atom. The van der Waals surface area contributed by atoms with Crippen molar-refractivity contribution in [3.63, 3.8) is 0 Å². The first-order valence-corrected chi connectivity index (χ1v) is 7.48. The maximum atomic E-state index is 12.0. The van der Waals surface area contributed by atoms with E-state index in [2.05, 4.69) is 4.74 Å². The van der Waals surface area contributed by atoms with Crippen molar-refractivity contribution in [3.8, 4) is 0 Å². The van der Waals surface area contributed by atoms with E-state index in [1.807, 2.05) is 0 Å². The average molecular weight is 320 g/mol. The van der Waals surface area contributed by atoms with Gasteiger partial charge in [-0.2, -0.15) is 0 Å². The number of nitrogens with zero attached hydrogens (tertiary/aromatic N) is 1. The highest BCUT2D eigenvalue weighted by molar-refractivity contribution is 7.84. The number of benzene rings is 1. The van der Waals surface area contributed by atoms with Gasteiger partial charge in [-0.05, 0) is 11.6 Å². The summed E-state index contributed by atoms with van der Waals surface area (Å²) in [5.41, 5.74) is 0.430. The molecule has 2 atom stereocenters. The molecule has 0 aliphatic rings. The van der Waals surface area contributed by atoms with Crippen LogP contribution in [0.25, 0.3) is 0 Å². The lowest BCUT2D eigenvalue weighted by atomic mass is 10.2. The van der Waals surface area contributed by atoms with E-state index in [0.717, 1.165) is 0 Å². The van der Waals surface area contributed by atoms with Crippen LogP contribution in [0.1, 0.15) is 18.9 Å². The highest BCUT2D eigenvalue weighted by atomic mass is 35.5. The summed E-state index contributed by atoms with van der Waals surface area (Å²) in [5.74, 6) is -0.296. The van der Waals surface area contributed by atoms with Crippen LogP contribution in [-0.2, 0) is 26.1 Å². The van der Waals surface area contributed by atoms with Crippen molar-refractivity contribution in [2.75, 3.05) is 7.11 Å². The van der Waals surface area contributed by atoms with Crippen LogP contribution in [0.3, 0.4) is 0 Å². The molecule has 1 aromatic rings. The van der Waals surface area contributed by atoms with Gasteiger partial charge >= 0.3 is 5.97 Å². The zero-order valence-corrected chi connectivity index (χ0v) is 12.6. The molecule has 8 heteroatoms. The van der Waals surface area contributed by atoms with Crippen LogP contribution in [0, 0.1) is 10.1 Å². The van der Waals surface area contributed by atoms with Gasteiger partial charge in [0.2, 0.25) is 0 Å². The van der Waals surface area contributed by atoms with Crippen LogP contribution in [-0.4, -0.2) is 27.5 Å². The van der Waals surface area contributed by atoms with E-state index < -0.39 is 21.7 Å². The van der Waals surface area contributed by atoms with Gasteiger partial charge in [-0.25, -0.2) is 0 Å². The average Bonchev–Trinajstić information content (AvgIpc) is 2.40. The van der Waals surface area contributed by atoms with Gasteiger partial charge in [0.25, 0.3) is 5.69 Å². The third-order valence-electron chi connectivity index (χ3n) is 2.68. The normalized spacial score (nSPS) is 13.6. The molecule has 0 amide bonds. The summed E-state index contributed by atoms with van der Waals surface area (Å²) in [6, 6.07) is 4.01. The largest absolute Gasteiger partial charge is 0.469 e. The minimum atomic E-state index is -1.32. The molecule has 0 saturated carbocycles. The van der Waals surface area contributed by atoms with Crippen molar-refractivity contribution in [2.24, 2.45) is 0 Å². The number of carbonyl (C=O) groups is 1. The molecule has 0 saturated heterocycles. The summed E-state index contributed by atoms with van der Waals surface area (Å²) in [6.45, 7) is 1.67. The molecule has 20 heavy (non-hydrogen) atoms. The Kier molecular flexibility index (Phi) is 6.09. The number of ether oxygens (including phenoxy) is 1. The number of esters is 1. The first kappa shape index (κ1) is 16.6. The van der Waals surface area contributed by atoms with Crippen LogP contribution < -0.4 is 0 Å². The Hall–Kier alpha value is -1.47. The number of carbonyl (C=O) groups excluding carboxylic acids is 1. The zero-order chi connectivity index (χ0) is 15.3. The Morgan fingerprint density at radius 3 is 2.70 bits per heavy atom. The van der Waals surface area contributed by atoms with Crippen molar-refractivity contribution in [1.82, 2.24) is 0 Å². The van der Waals surface area contributed by atoms with Crippen LogP contribution in [0.5, 0.6) is 0 Å².